The van der Waals surface area contributed by atoms with Crippen LogP contribution in [0, 0.1) is 0 Å². The van der Waals surface area contributed by atoms with E-state index in [1.54, 1.807) is 4.31 Å². The molecule has 2 aromatic rings. The van der Waals surface area contributed by atoms with Gasteiger partial charge in [0.25, 0.3) is 0 Å². The SMILES string of the molecule is CCN(C1CCCCC1)S(=O)(=O)c1ccc2[nH]c(=O)c(=O)[nH]c2c1. The average Bonchev–Trinajstić information content (AvgIpc) is 2.57. The van der Waals surface area contributed by atoms with Crippen LogP contribution in [0.4, 0.5) is 0 Å². The second-order valence-electron chi connectivity index (χ2n) is 6.12. The van der Waals surface area contributed by atoms with E-state index >= 15 is 0 Å². The molecule has 2 N–H and O–H groups in total. The molecule has 1 aromatic heterocycles. The lowest BCUT2D eigenvalue weighted by molar-refractivity contribution is 0.261. The topological polar surface area (TPSA) is 103 Å². The Balaban J connectivity index is 2.04. The summed E-state index contributed by atoms with van der Waals surface area (Å²) in [5.41, 5.74) is -0.841. The number of nitrogens with zero attached hydrogens (tertiary/aromatic N) is 1. The number of hydrogen-bond donors (Lipinski definition) is 2. The number of H-pyrrole nitrogens is 2. The molecule has 1 fully saturated rings. The highest BCUT2D eigenvalue weighted by molar-refractivity contribution is 7.89. The molecule has 0 saturated heterocycles. The highest BCUT2D eigenvalue weighted by Crippen LogP contribution is 2.28. The summed E-state index contributed by atoms with van der Waals surface area (Å²) >= 11 is 0. The van der Waals surface area contributed by atoms with Crippen molar-refractivity contribution in [2.75, 3.05) is 6.54 Å². The van der Waals surface area contributed by atoms with Crippen LogP contribution in [0.3, 0.4) is 0 Å². The van der Waals surface area contributed by atoms with Gasteiger partial charge in [0.05, 0.1) is 15.9 Å². The zero-order chi connectivity index (χ0) is 17.3. The van der Waals surface area contributed by atoms with Gasteiger partial charge >= 0.3 is 11.1 Å². The highest BCUT2D eigenvalue weighted by atomic mass is 32.2. The number of hydrogen-bond acceptors (Lipinski definition) is 4. The second-order valence-corrected chi connectivity index (χ2v) is 8.01. The highest BCUT2D eigenvalue weighted by Gasteiger charge is 2.31. The first-order valence-corrected chi connectivity index (χ1v) is 9.65. The van der Waals surface area contributed by atoms with Crippen LogP contribution in [0.5, 0.6) is 0 Å². The van der Waals surface area contributed by atoms with E-state index in [-0.39, 0.29) is 10.9 Å². The van der Waals surface area contributed by atoms with Gasteiger partial charge in [0.2, 0.25) is 10.0 Å². The average molecular weight is 351 g/mol. The Morgan fingerprint density at radius 3 is 2.29 bits per heavy atom. The number of rotatable bonds is 4. The first-order chi connectivity index (χ1) is 11.4. The number of aromatic nitrogens is 2. The van der Waals surface area contributed by atoms with Gasteiger partial charge in [-0.15, -0.1) is 0 Å². The summed E-state index contributed by atoms with van der Waals surface area (Å²) in [5, 5.41) is 0. The standard InChI is InChI=1S/C16H21N3O4S/c1-2-19(11-6-4-3-5-7-11)24(22,23)12-8-9-13-14(10-12)18-16(21)15(20)17-13/h8-11H,2-7H2,1H3,(H,17,20)(H,18,21). The van der Waals surface area contributed by atoms with E-state index in [0.29, 0.717) is 17.6 Å². The van der Waals surface area contributed by atoms with Crippen LogP contribution < -0.4 is 11.1 Å². The fourth-order valence-corrected chi connectivity index (χ4v) is 5.10. The minimum atomic E-state index is -3.65. The van der Waals surface area contributed by atoms with Gasteiger partial charge in [-0.3, -0.25) is 9.59 Å². The maximum atomic E-state index is 13.0. The number of aromatic amines is 2. The minimum absolute atomic E-state index is 0.0269. The Morgan fingerprint density at radius 2 is 1.67 bits per heavy atom. The fraction of sp³-hybridized carbons (Fsp3) is 0.500. The molecule has 24 heavy (non-hydrogen) atoms. The molecular formula is C16H21N3O4S. The molecule has 1 aromatic carbocycles. The van der Waals surface area contributed by atoms with E-state index in [9.17, 15) is 18.0 Å². The lowest BCUT2D eigenvalue weighted by Gasteiger charge is -2.32. The molecule has 0 radical (unpaired) electrons. The van der Waals surface area contributed by atoms with Crippen LogP contribution in [-0.4, -0.2) is 35.3 Å². The predicted molar refractivity (Wildman–Crippen MR) is 91.6 cm³/mol. The van der Waals surface area contributed by atoms with E-state index in [2.05, 4.69) is 9.97 Å². The van der Waals surface area contributed by atoms with Crippen LogP contribution >= 0.6 is 0 Å². The Morgan fingerprint density at radius 1 is 1.04 bits per heavy atom. The molecule has 1 saturated carbocycles. The van der Waals surface area contributed by atoms with Crippen LogP contribution in [0.2, 0.25) is 0 Å². The van der Waals surface area contributed by atoms with Crippen LogP contribution in [0.25, 0.3) is 11.0 Å². The van der Waals surface area contributed by atoms with Gasteiger partial charge in [0, 0.05) is 12.6 Å². The van der Waals surface area contributed by atoms with Gasteiger partial charge < -0.3 is 9.97 Å². The number of benzene rings is 1. The number of nitrogens with one attached hydrogen (secondary N) is 2. The summed E-state index contributed by atoms with van der Waals surface area (Å²) < 4.78 is 27.6. The Kier molecular flexibility index (Phi) is 4.60. The van der Waals surface area contributed by atoms with Crippen molar-refractivity contribution in [3.8, 4) is 0 Å². The molecule has 0 amide bonds. The van der Waals surface area contributed by atoms with Gasteiger partial charge in [-0.05, 0) is 31.0 Å². The molecule has 0 bridgehead atoms. The minimum Gasteiger partial charge on any atom is -0.316 e. The Bertz CT molecular complexity index is 955. The summed E-state index contributed by atoms with van der Waals surface area (Å²) in [6.07, 6.45) is 5.00. The van der Waals surface area contributed by atoms with Crippen LogP contribution in [0.1, 0.15) is 39.0 Å². The van der Waals surface area contributed by atoms with Gasteiger partial charge in [0.15, 0.2) is 0 Å². The number of sulfonamides is 1. The van der Waals surface area contributed by atoms with Crippen molar-refractivity contribution in [3.63, 3.8) is 0 Å². The van der Waals surface area contributed by atoms with Crippen LogP contribution in [-0.2, 0) is 10.0 Å². The lowest BCUT2D eigenvalue weighted by Crippen LogP contribution is -2.41. The van der Waals surface area contributed by atoms with Gasteiger partial charge in [-0.25, -0.2) is 8.42 Å². The monoisotopic (exact) mass is 351 g/mol. The fourth-order valence-electron chi connectivity index (χ4n) is 3.38. The second kappa shape index (κ2) is 6.52. The van der Waals surface area contributed by atoms with Crippen molar-refractivity contribution >= 4 is 21.1 Å². The van der Waals surface area contributed by atoms with Crippen LogP contribution in [0.15, 0.2) is 32.7 Å². The molecule has 1 aliphatic rings. The smallest absolute Gasteiger partial charge is 0.314 e. The molecule has 0 aliphatic heterocycles. The quantitative estimate of drug-likeness (QED) is 0.816. The molecule has 0 spiro atoms. The molecule has 1 heterocycles. The summed E-state index contributed by atoms with van der Waals surface area (Å²) in [5.74, 6) is 0. The normalized spacial score (nSPS) is 16.8. The van der Waals surface area contributed by atoms with Crippen molar-refractivity contribution in [1.29, 1.82) is 0 Å². The van der Waals surface area contributed by atoms with E-state index < -0.39 is 21.1 Å². The van der Waals surface area contributed by atoms with Gasteiger partial charge in [-0.1, -0.05) is 26.2 Å². The summed E-state index contributed by atoms with van der Waals surface area (Å²) in [6, 6.07) is 4.41. The van der Waals surface area contributed by atoms with Crippen molar-refractivity contribution in [2.24, 2.45) is 0 Å². The third kappa shape index (κ3) is 3.03. The molecule has 8 heteroatoms. The predicted octanol–water partition coefficient (Wildman–Crippen LogP) is 1.56. The third-order valence-corrected chi connectivity index (χ3v) is 6.62. The van der Waals surface area contributed by atoms with Crippen molar-refractivity contribution in [3.05, 3.63) is 38.9 Å². The molecule has 0 atom stereocenters. The Labute approximate surface area is 139 Å². The molecular weight excluding hydrogens is 330 g/mol. The third-order valence-electron chi connectivity index (χ3n) is 4.59. The molecule has 0 unspecified atom stereocenters. The van der Waals surface area contributed by atoms with E-state index in [4.69, 9.17) is 0 Å². The molecule has 1 aliphatic carbocycles. The molecule has 7 nitrogen and oxygen atoms in total. The van der Waals surface area contributed by atoms with E-state index in [0.717, 1.165) is 32.1 Å². The summed E-state index contributed by atoms with van der Waals surface area (Å²) in [6.45, 7) is 2.25. The van der Waals surface area contributed by atoms with E-state index in [1.807, 2.05) is 6.92 Å². The summed E-state index contributed by atoms with van der Waals surface area (Å²) in [4.78, 5) is 27.8. The summed E-state index contributed by atoms with van der Waals surface area (Å²) in [7, 11) is -3.65. The first kappa shape index (κ1) is 16.9. The van der Waals surface area contributed by atoms with E-state index in [1.165, 1.54) is 18.2 Å². The van der Waals surface area contributed by atoms with Crippen molar-refractivity contribution in [2.45, 2.75) is 50.0 Å². The lowest BCUT2D eigenvalue weighted by atomic mass is 9.95. The molecule has 130 valence electrons. The number of fused-ring (bicyclic) bond motifs is 1. The van der Waals surface area contributed by atoms with Gasteiger partial charge in [-0.2, -0.15) is 4.31 Å². The zero-order valence-corrected chi connectivity index (χ0v) is 14.4. The van der Waals surface area contributed by atoms with Crippen molar-refractivity contribution < 1.29 is 8.42 Å². The maximum absolute atomic E-state index is 13.0. The Hall–Kier alpha value is -1.93. The molecule has 3 rings (SSSR count). The zero-order valence-electron chi connectivity index (χ0n) is 13.5. The maximum Gasteiger partial charge on any atom is 0.314 e. The largest absolute Gasteiger partial charge is 0.316 e. The first-order valence-electron chi connectivity index (χ1n) is 8.21. The van der Waals surface area contributed by atoms with Crippen molar-refractivity contribution in [1.82, 2.24) is 14.3 Å². The van der Waals surface area contributed by atoms with Gasteiger partial charge in [0.1, 0.15) is 0 Å².